The molecule has 0 rings (SSSR count). The summed E-state index contributed by atoms with van der Waals surface area (Å²) in [5.41, 5.74) is 5.26. The van der Waals surface area contributed by atoms with Crippen LogP contribution in [0.2, 0.25) is 0 Å². The Hall–Kier alpha value is -1.63. The standard InChI is InChI=1S/C9H16N2O5/c10-6(9(15)16)3-1-2-4-11-7(12)5-8(13)14/h6H,1-5,10H2,(H,11,12)(H,13,14)(H,15,16). The average Bonchev–Trinajstić information content (AvgIpc) is 2.15. The van der Waals surface area contributed by atoms with Crippen molar-refractivity contribution in [2.24, 2.45) is 5.73 Å². The molecule has 0 aliphatic carbocycles. The van der Waals surface area contributed by atoms with Crippen LogP contribution in [0.15, 0.2) is 0 Å². The maximum absolute atomic E-state index is 10.8. The van der Waals surface area contributed by atoms with Crippen molar-refractivity contribution < 1.29 is 24.6 Å². The van der Waals surface area contributed by atoms with Crippen molar-refractivity contribution >= 4 is 17.8 Å². The zero-order chi connectivity index (χ0) is 12.6. The van der Waals surface area contributed by atoms with E-state index in [-0.39, 0.29) is 0 Å². The van der Waals surface area contributed by atoms with Crippen LogP contribution in [0.4, 0.5) is 0 Å². The molecule has 0 aliphatic heterocycles. The molecule has 0 aromatic rings. The zero-order valence-corrected chi connectivity index (χ0v) is 8.81. The molecule has 0 radical (unpaired) electrons. The number of carboxylic acid groups (broad SMARTS) is 2. The van der Waals surface area contributed by atoms with Gasteiger partial charge in [0.05, 0.1) is 0 Å². The number of carbonyl (C=O) groups is 3. The number of nitrogens with one attached hydrogen (secondary N) is 1. The lowest BCUT2D eigenvalue weighted by atomic mass is 10.1. The molecule has 1 unspecified atom stereocenters. The molecule has 0 heterocycles. The van der Waals surface area contributed by atoms with E-state index in [0.29, 0.717) is 25.8 Å². The minimum atomic E-state index is -1.18. The van der Waals surface area contributed by atoms with E-state index in [0.717, 1.165) is 0 Å². The SMILES string of the molecule is NC(CCCCNC(=O)CC(=O)O)C(=O)O. The lowest BCUT2D eigenvalue weighted by Crippen LogP contribution is -2.30. The highest BCUT2D eigenvalue weighted by Crippen LogP contribution is 1.98. The third-order valence-corrected chi connectivity index (χ3v) is 1.89. The molecule has 5 N–H and O–H groups in total. The molecule has 0 spiro atoms. The van der Waals surface area contributed by atoms with Crippen LogP contribution in [-0.4, -0.2) is 40.6 Å². The van der Waals surface area contributed by atoms with Crippen molar-refractivity contribution in [1.82, 2.24) is 5.32 Å². The van der Waals surface area contributed by atoms with Crippen LogP contribution in [0.25, 0.3) is 0 Å². The molecule has 16 heavy (non-hydrogen) atoms. The largest absolute Gasteiger partial charge is 0.481 e. The number of carbonyl (C=O) groups excluding carboxylic acids is 1. The summed E-state index contributed by atoms with van der Waals surface area (Å²) in [4.78, 5) is 31.3. The molecular weight excluding hydrogens is 216 g/mol. The molecule has 0 fully saturated rings. The van der Waals surface area contributed by atoms with Gasteiger partial charge in [-0.25, -0.2) is 0 Å². The number of aliphatic carboxylic acids is 2. The van der Waals surface area contributed by atoms with Crippen LogP contribution in [0.3, 0.4) is 0 Å². The van der Waals surface area contributed by atoms with Gasteiger partial charge >= 0.3 is 11.9 Å². The van der Waals surface area contributed by atoms with E-state index < -0.39 is 30.3 Å². The Labute approximate surface area is 92.6 Å². The molecule has 0 aliphatic rings. The normalized spacial score (nSPS) is 11.8. The first-order valence-electron chi connectivity index (χ1n) is 4.90. The monoisotopic (exact) mass is 232 g/mol. The molecule has 1 atom stereocenters. The summed E-state index contributed by atoms with van der Waals surface area (Å²) in [5.74, 6) is -2.77. The smallest absolute Gasteiger partial charge is 0.320 e. The van der Waals surface area contributed by atoms with Gasteiger partial charge in [0.2, 0.25) is 5.91 Å². The summed E-state index contributed by atoms with van der Waals surface area (Å²) in [7, 11) is 0. The molecule has 0 saturated heterocycles. The number of amides is 1. The van der Waals surface area contributed by atoms with E-state index in [1.165, 1.54) is 0 Å². The van der Waals surface area contributed by atoms with Gasteiger partial charge in [0.25, 0.3) is 0 Å². The highest BCUT2D eigenvalue weighted by Gasteiger charge is 2.10. The Kier molecular flexibility index (Phi) is 6.86. The van der Waals surface area contributed by atoms with Crippen molar-refractivity contribution in [1.29, 1.82) is 0 Å². The first-order chi connectivity index (χ1) is 7.43. The molecular formula is C9H16N2O5. The van der Waals surface area contributed by atoms with Gasteiger partial charge in [-0.3, -0.25) is 14.4 Å². The molecule has 1 amide bonds. The highest BCUT2D eigenvalue weighted by molar-refractivity contribution is 5.93. The van der Waals surface area contributed by atoms with Crippen LogP contribution in [-0.2, 0) is 14.4 Å². The highest BCUT2D eigenvalue weighted by atomic mass is 16.4. The van der Waals surface area contributed by atoms with E-state index in [2.05, 4.69) is 5.32 Å². The van der Waals surface area contributed by atoms with Crippen molar-refractivity contribution in [3.8, 4) is 0 Å². The van der Waals surface area contributed by atoms with Gasteiger partial charge < -0.3 is 21.3 Å². The molecule has 0 aromatic heterocycles. The maximum Gasteiger partial charge on any atom is 0.320 e. The minimum absolute atomic E-state index is 0.332. The Morgan fingerprint density at radius 2 is 1.81 bits per heavy atom. The lowest BCUT2D eigenvalue weighted by molar-refractivity contribution is -0.141. The Balaban J connectivity index is 3.43. The second kappa shape index (κ2) is 7.63. The molecule has 0 saturated carbocycles. The first kappa shape index (κ1) is 14.4. The fourth-order valence-electron chi connectivity index (χ4n) is 1.04. The summed E-state index contributed by atoms with van der Waals surface area (Å²) in [6.07, 6.45) is 0.936. The van der Waals surface area contributed by atoms with E-state index in [9.17, 15) is 14.4 Å². The van der Waals surface area contributed by atoms with Gasteiger partial charge in [-0.15, -0.1) is 0 Å². The van der Waals surface area contributed by atoms with Crippen LogP contribution in [0.5, 0.6) is 0 Å². The van der Waals surface area contributed by atoms with Crippen LogP contribution >= 0.6 is 0 Å². The van der Waals surface area contributed by atoms with Crippen molar-refractivity contribution in [3.05, 3.63) is 0 Å². The average molecular weight is 232 g/mol. The van der Waals surface area contributed by atoms with Gasteiger partial charge in [0.1, 0.15) is 12.5 Å². The van der Waals surface area contributed by atoms with Crippen LogP contribution in [0, 0.1) is 0 Å². The number of rotatable bonds is 8. The minimum Gasteiger partial charge on any atom is -0.481 e. The Morgan fingerprint density at radius 1 is 1.19 bits per heavy atom. The topological polar surface area (TPSA) is 130 Å². The predicted molar refractivity (Wildman–Crippen MR) is 54.7 cm³/mol. The Morgan fingerprint density at radius 3 is 2.31 bits per heavy atom. The predicted octanol–water partition coefficient (Wildman–Crippen LogP) is -0.840. The number of hydrogen-bond acceptors (Lipinski definition) is 4. The first-order valence-corrected chi connectivity index (χ1v) is 4.90. The van der Waals surface area contributed by atoms with Crippen LogP contribution < -0.4 is 11.1 Å². The van der Waals surface area contributed by atoms with E-state index in [1.807, 2.05) is 0 Å². The van der Waals surface area contributed by atoms with Gasteiger partial charge in [0, 0.05) is 6.54 Å². The number of carboxylic acids is 2. The second-order valence-corrected chi connectivity index (χ2v) is 3.36. The van der Waals surface area contributed by atoms with Crippen molar-refractivity contribution in [2.45, 2.75) is 31.7 Å². The van der Waals surface area contributed by atoms with E-state index in [4.69, 9.17) is 15.9 Å². The quantitative estimate of drug-likeness (QED) is 0.319. The number of unbranched alkanes of at least 4 members (excludes halogenated alkanes) is 1. The van der Waals surface area contributed by atoms with E-state index in [1.54, 1.807) is 0 Å². The summed E-state index contributed by atoms with van der Waals surface area (Å²) in [5, 5.41) is 19.2. The lowest BCUT2D eigenvalue weighted by Gasteiger charge is -2.06. The molecule has 0 bridgehead atoms. The zero-order valence-electron chi connectivity index (χ0n) is 8.81. The molecule has 92 valence electrons. The molecule has 7 nitrogen and oxygen atoms in total. The van der Waals surface area contributed by atoms with Gasteiger partial charge in [-0.05, 0) is 19.3 Å². The van der Waals surface area contributed by atoms with Crippen LogP contribution in [0.1, 0.15) is 25.7 Å². The Bertz CT molecular complexity index is 267. The molecule has 7 heteroatoms. The fourth-order valence-corrected chi connectivity index (χ4v) is 1.04. The van der Waals surface area contributed by atoms with Gasteiger partial charge in [-0.1, -0.05) is 0 Å². The summed E-state index contributed by atoms with van der Waals surface area (Å²) in [6.45, 7) is 0.332. The third-order valence-electron chi connectivity index (χ3n) is 1.89. The number of nitrogens with two attached hydrogens (primary N) is 1. The van der Waals surface area contributed by atoms with Gasteiger partial charge in [0.15, 0.2) is 0 Å². The van der Waals surface area contributed by atoms with Gasteiger partial charge in [-0.2, -0.15) is 0 Å². The summed E-state index contributed by atoms with van der Waals surface area (Å²) in [6, 6.07) is -0.880. The third kappa shape index (κ3) is 7.74. The summed E-state index contributed by atoms with van der Waals surface area (Å²) < 4.78 is 0. The molecule has 0 aromatic carbocycles. The fraction of sp³-hybridized carbons (Fsp3) is 0.667. The van der Waals surface area contributed by atoms with Crippen molar-refractivity contribution in [2.75, 3.05) is 6.54 Å². The maximum atomic E-state index is 10.8. The summed E-state index contributed by atoms with van der Waals surface area (Å²) >= 11 is 0. The van der Waals surface area contributed by atoms with E-state index >= 15 is 0 Å². The number of hydrogen-bond donors (Lipinski definition) is 4. The van der Waals surface area contributed by atoms with Crippen molar-refractivity contribution in [3.63, 3.8) is 0 Å². The second-order valence-electron chi connectivity index (χ2n) is 3.36.